The van der Waals surface area contributed by atoms with E-state index in [1.165, 1.54) is 18.2 Å². The van der Waals surface area contributed by atoms with Crippen molar-refractivity contribution in [2.45, 2.75) is 64.7 Å². The highest BCUT2D eigenvalue weighted by atomic mass is 32.2. The van der Waals surface area contributed by atoms with Gasteiger partial charge in [-0.15, -0.1) is 0 Å². The second kappa shape index (κ2) is 12.5. The second-order valence-electron chi connectivity index (χ2n) is 10.7. The number of amides is 1. The zero-order valence-electron chi connectivity index (χ0n) is 22.9. The highest BCUT2D eigenvalue weighted by molar-refractivity contribution is 7.81. The molecular weight excluding hydrogens is 547 g/mol. The van der Waals surface area contributed by atoms with Gasteiger partial charge in [0.05, 0.1) is 41.0 Å². The summed E-state index contributed by atoms with van der Waals surface area (Å²) in [5.41, 5.74) is 2.28. The number of carbonyl (C=O) groups excluding carboxylic acids is 1. The molecule has 3 unspecified atom stereocenters. The predicted molar refractivity (Wildman–Crippen MR) is 145 cm³/mol. The number of nitrogens with zero attached hydrogens (tertiary/aromatic N) is 4. The van der Waals surface area contributed by atoms with Gasteiger partial charge in [0.1, 0.15) is 0 Å². The normalized spacial score (nSPS) is 19.8. The van der Waals surface area contributed by atoms with Gasteiger partial charge in [0.2, 0.25) is 5.91 Å². The van der Waals surface area contributed by atoms with Gasteiger partial charge < -0.3 is 15.5 Å². The zero-order chi connectivity index (χ0) is 29.2. The Hall–Kier alpha value is -2.58. The molecule has 9 nitrogen and oxygen atoms in total. The van der Waals surface area contributed by atoms with Crippen molar-refractivity contribution in [3.05, 3.63) is 52.2 Å². The molecule has 4 rings (SSSR count). The maximum Gasteiger partial charge on any atom is 0.416 e. The minimum atomic E-state index is -4.61. The smallest absolute Gasteiger partial charge is 0.392 e. The summed E-state index contributed by atoms with van der Waals surface area (Å²) in [4.78, 5) is 14.1. The maximum absolute atomic E-state index is 13.8. The highest BCUT2D eigenvalue weighted by Gasteiger charge is 2.34. The average Bonchev–Trinajstić information content (AvgIpc) is 3.43. The fraction of sp³-hybridized carbons (Fsp3) is 0.556. The number of hydrogen-bond donors (Lipinski definition) is 3. The lowest BCUT2D eigenvalue weighted by molar-refractivity contribution is -0.138. The number of benzene rings is 1. The van der Waals surface area contributed by atoms with E-state index in [4.69, 9.17) is 5.10 Å². The van der Waals surface area contributed by atoms with Crippen LogP contribution in [0.15, 0.2) is 29.8 Å². The molecule has 0 spiro atoms. The molecule has 1 fully saturated rings. The van der Waals surface area contributed by atoms with Gasteiger partial charge in [-0.1, -0.05) is 11.6 Å². The third-order valence-corrected chi connectivity index (χ3v) is 8.16. The van der Waals surface area contributed by atoms with Crippen LogP contribution >= 0.6 is 0 Å². The molecule has 0 aliphatic carbocycles. The molecule has 1 amide bonds. The largest absolute Gasteiger partial charge is 0.416 e. The first-order chi connectivity index (χ1) is 18.8. The van der Waals surface area contributed by atoms with Crippen LogP contribution in [0.1, 0.15) is 42.7 Å². The highest BCUT2D eigenvalue weighted by Crippen LogP contribution is 2.36. The molecule has 0 saturated carbocycles. The molecule has 220 valence electrons. The van der Waals surface area contributed by atoms with Gasteiger partial charge in [-0.25, -0.2) is 8.51 Å². The molecule has 1 aromatic heterocycles. The van der Waals surface area contributed by atoms with E-state index < -0.39 is 40.8 Å². The number of carbonyl (C=O) groups is 1. The molecule has 3 atom stereocenters. The maximum atomic E-state index is 13.8. The number of rotatable bonds is 9. The van der Waals surface area contributed by atoms with Gasteiger partial charge in [0.15, 0.2) is 0 Å². The van der Waals surface area contributed by atoms with Crippen LogP contribution in [0.4, 0.5) is 13.2 Å². The number of nitrogens with one attached hydrogen (secondary N) is 1. The van der Waals surface area contributed by atoms with Crippen LogP contribution in [0.3, 0.4) is 0 Å². The number of hydrogen-bond acceptors (Lipinski definition) is 6. The topological polar surface area (TPSA) is 111 Å². The number of fused-ring (bicyclic) bond motifs is 1. The molecule has 2 aromatic rings. The minimum absolute atomic E-state index is 0.0943. The molecule has 0 radical (unpaired) electrons. The SMILES string of the molecule is CC(C)=CC(=O)NCc1cc(-c2nn(CC(O)CN3CCC(O)C3)c3c2CN(S(C)=O)CC3)ccc1C(F)(F)F. The third-order valence-electron chi connectivity index (χ3n) is 7.12. The minimum Gasteiger partial charge on any atom is -0.392 e. The van der Waals surface area contributed by atoms with Gasteiger partial charge in [0.25, 0.3) is 0 Å². The Morgan fingerprint density at radius 1 is 1.27 bits per heavy atom. The number of aromatic nitrogens is 2. The molecular formula is C27H36F3N5O4S. The Morgan fingerprint density at radius 3 is 2.65 bits per heavy atom. The van der Waals surface area contributed by atoms with Crippen molar-refractivity contribution in [2.24, 2.45) is 0 Å². The summed E-state index contributed by atoms with van der Waals surface area (Å²) in [5, 5.41) is 27.9. The molecule has 40 heavy (non-hydrogen) atoms. The van der Waals surface area contributed by atoms with E-state index in [2.05, 4.69) is 5.32 Å². The standard InChI is InChI=1S/C27H36F3N5O4S/c1-17(2)10-25(38)31-12-19-11-18(4-5-23(19)27(28,29)30)26-22-16-34(40(3)39)9-7-24(22)35(32-26)15-21(37)14-33-8-6-20(36)13-33/h4-5,10-11,20-21,36-37H,6-9,12-16H2,1-3H3,(H,31,38). The number of likely N-dealkylation sites (tertiary alicyclic amines) is 1. The fourth-order valence-electron chi connectivity index (χ4n) is 5.26. The van der Waals surface area contributed by atoms with Crippen molar-refractivity contribution in [1.82, 2.24) is 24.3 Å². The number of allylic oxidation sites excluding steroid dienone is 1. The van der Waals surface area contributed by atoms with Crippen LogP contribution < -0.4 is 5.32 Å². The lowest BCUT2D eigenvalue weighted by Crippen LogP contribution is -2.35. The second-order valence-corrected chi connectivity index (χ2v) is 12.0. The average molecular weight is 584 g/mol. The number of β-amino-alcohol motifs (C(OH)–C–C–N with tert-alkyl or cyclic N) is 2. The van der Waals surface area contributed by atoms with Crippen molar-refractivity contribution < 1.29 is 32.4 Å². The van der Waals surface area contributed by atoms with E-state index >= 15 is 0 Å². The van der Waals surface area contributed by atoms with Crippen molar-refractivity contribution in [2.75, 3.05) is 32.4 Å². The van der Waals surface area contributed by atoms with E-state index in [0.29, 0.717) is 56.8 Å². The van der Waals surface area contributed by atoms with Gasteiger partial charge in [-0.2, -0.15) is 18.3 Å². The molecule has 1 saturated heterocycles. The third kappa shape index (κ3) is 7.38. The Bertz CT molecular complexity index is 1290. The summed E-state index contributed by atoms with van der Waals surface area (Å²) in [7, 11) is -1.25. The first-order valence-corrected chi connectivity index (χ1v) is 14.7. The van der Waals surface area contributed by atoms with Crippen molar-refractivity contribution >= 4 is 16.9 Å². The van der Waals surface area contributed by atoms with Crippen LogP contribution in [0.5, 0.6) is 0 Å². The van der Waals surface area contributed by atoms with E-state index in [0.717, 1.165) is 22.9 Å². The van der Waals surface area contributed by atoms with Crippen LogP contribution in [0.2, 0.25) is 0 Å². The number of halogens is 3. The summed E-state index contributed by atoms with van der Waals surface area (Å²) in [6, 6.07) is 3.75. The summed E-state index contributed by atoms with van der Waals surface area (Å²) in [5.74, 6) is -0.485. The predicted octanol–water partition coefficient (Wildman–Crippen LogP) is 2.23. The molecule has 0 bridgehead atoms. The van der Waals surface area contributed by atoms with Gasteiger partial charge in [0, 0.05) is 74.8 Å². The lowest BCUT2D eigenvalue weighted by atomic mass is 9.97. The van der Waals surface area contributed by atoms with Crippen LogP contribution in [0.25, 0.3) is 11.3 Å². The van der Waals surface area contributed by atoms with Crippen molar-refractivity contribution in [3.8, 4) is 11.3 Å². The van der Waals surface area contributed by atoms with E-state index in [1.54, 1.807) is 29.1 Å². The van der Waals surface area contributed by atoms with Crippen molar-refractivity contribution in [1.29, 1.82) is 0 Å². The molecule has 2 aliphatic rings. The van der Waals surface area contributed by atoms with Crippen LogP contribution in [-0.4, -0.2) is 84.0 Å². The summed E-state index contributed by atoms with van der Waals surface area (Å²) in [6.07, 6.45) is -1.72. The van der Waals surface area contributed by atoms with Gasteiger partial charge >= 0.3 is 6.18 Å². The van der Waals surface area contributed by atoms with Crippen LogP contribution in [0, 0.1) is 0 Å². The summed E-state index contributed by atoms with van der Waals surface area (Å²) < 4.78 is 57.2. The quantitative estimate of drug-likeness (QED) is 0.391. The Morgan fingerprint density at radius 2 is 2.02 bits per heavy atom. The first-order valence-electron chi connectivity index (χ1n) is 13.2. The molecule has 3 heterocycles. The van der Waals surface area contributed by atoms with Crippen LogP contribution in [-0.2, 0) is 48.0 Å². The molecule has 2 aliphatic heterocycles. The summed E-state index contributed by atoms with van der Waals surface area (Å²) in [6.45, 7) is 5.67. The zero-order valence-corrected chi connectivity index (χ0v) is 23.7. The Labute approximate surface area is 234 Å². The Kier molecular flexibility index (Phi) is 9.51. The fourth-order valence-corrected chi connectivity index (χ4v) is 5.92. The number of aliphatic hydroxyl groups is 2. The van der Waals surface area contributed by atoms with Crippen molar-refractivity contribution in [3.63, 3.8) is 0 Å². The number of aliphatic hydroxyl groups excluding tert-OH is 2. The van der Waals surface area contributed by atoms with E-state index in [9.17, 15) is 32.4 Å². The van der Waals surface area contributed by atoms with E-state index in [-0.39, 0.29) is 18.7 Å². The van der Waals surface area contributed by atoms with Gasteiger partial charge in [-0.05, 0) is 38.0 Å². The Balaban J connectivity index is 1.68. The molecule has 13 heteroatoms. The lowest BCUT2D eigenvalue weighted by Gasteiger charge is -2.26. The summed E-state index contributed by atoms with van der Waals surface area (Å²) >= 11 is 0. The monoisotopic (exact) mass is 583 g/mol. The van der Waals surface area contributed by atoms with E-state index in [1.807, 2.05) is 4.90 Å². The molecule has 1 aromatic carbocycles. The first kappa shape index (κ1) is 30.4. The van der Waals surface area contributed by atoms with Gasteiger partial charge in [-0.3, -0.25) is 14.4 Å². The number of alkyl halides is 3. The molecule has 3 N–H and O–H groups in total.